The van der Waals surface area contributed by atoms with Gasteiger partial charge in [-0.15, -0.1) is 0 Å². The summed E-state index contributed by atoms with van der Waals surface area (Å²) < 4.78 is 16.1. The Morgan fingerprint density at radius 3 is 2.33 bits per heavy atom. The lowest BCUT2D eigenvalue weighted by Crippen LogP contribution is -2.32. The molecule has 0 aromatic carbocycles. The van der Waals surface area contributed by atoms with E-state index in [1.807, 2.05) is 0 Å². The van der Waals surface area contributed by atoms with Crippen LogP contribution < -0.4 is 0 Å². The first-order valence-corrected chi connectivity index (χ1v) is 7.75. The van der Waals surface area contributed by atoms with Crippen molar-refractivity contribution in [1.29, 1.82) is 0 Å². The molecule has 0 spiro atoms. The summed E-state index contributed by atoms with van der Waals surface area (Å²) in [7, 11) is 0. The van der Waals surface area contributed by atoms with Crippen LogP contribution in [0.15, 0.2) is 12.2 Å². The third kappa shape index (κ3) is 4.84. The minimum Gasteiger partial charge on any atom is -0.459 e. The molecular weight excluding hydrogens is 272 g/mol. The van der Waals surface area contributed by atoms with Crippen molar-refractivity contribution in [3.05, 3.63) is 12.2 Å². The van der Waals surface area contributed by atoms with E-state index in [-0.39, 0.29) is 30.3 Å². The molecule has 0 amide bonds. The molecule has 2 aliphatic rings. The van der Waals surface area contributed by atoms with Crippen molar-refractivity contribution in [1.82, 2.24) is 0 Å². The smallest absolute Gasteiger partial charge is 0.333 e. The Bertz CT molecular complexity index is 389. The molecule has 0 aromatic rings. The summed E-state index contributed by atoms with van der Waals surface area (Å²) in [6, 6.07) is 0. The van der Waals surface area contributed by atoms with E-state index in [9.17, 15) is 9.59 Å². The van der Waals surface area contributed by atoms with E-state index in [0.29, 0.717) is 37.9 Å². The van der Waals surface area contributed by atoms with Crippen molar-refractivity contribution in [3.8, 4) is 0 Å². The van der Waals surface area contributed by atoms with Crippen LogP contribution in [0, 0.1) is 5.92 Å². The molecule has 1 saturated heterocycles. The fraction of sp³-hybridized carbons (Fsp3) is 0.750. The average molecular weight is 296 g/mol. The Labute approximate surface area is 125 Å². The summed E-state index contributed by atoms with van der Waals surface area (Å²) in [5.41, 5.74) is 0.408. The molecule has 1 atom stereocenters. The fourth-order valence-corrected chi connectivity index (χ4v) is 2.70. The maximum absolute atomic E-state index is 12.1. The summed E-state index contributed by atoms with van der Waals surface area (Å²) in [6.07, 6.45) is 5.18. The van der Waals surface area contributed by atoms with Gasteiger partial charge in [0, 0.05) is 12.0 Å². The summed E-state index contributed by atoms with van der Waals surface area (Å²) in [5.74, 6) is -0.626. The lowest BCUT2D eigenvalue weighted by atomic mass is 9.87. The topological polar surface area (TPSA) is 61.8 Å². The molecule has 1 aliphatic heterocycles. The van der Waals surface area contributed by atoms with Crippen molar-refractivity contribution in [2.45, 2.75) is 64.3 Å². The highest BCUT2D eigenvalue weighted by Crippen LogP contribution is 2.28. The molecule has 1 heterocycles. The van der Waals surface area contributed by atoms with Gasteiger partial charge in [0.05, 0.1) is 12.5 Å². The van der Waals surface area contributed by atoms with Crippen molar-refractivity contribution < 1.29 is 23.8 Å². The third-order valence-electron chi connectivity index (χ3n) is 4.02. The summed E-state index contributed by atoms with van der Waals surface area (Å²) in [4.78, 5) is 23.5. The molecule has 0 N–H and O–H groups in total. The van der Waals surface area contributed by atoms with Gasteiger partial charge < -0.3 is 14.2 Å². The summed E-state index contributed by atoms with van der Waals surface area (Å²) in [6.45, 7) is 5.87. The van der Waals surface area contributed by atoms with Gasteiger partial charge in [-0.3, -0.25) is 4.79 Å². The number of carbonyl (C=O) groups excluding carboxylic acids is 2. The Morgan fingerprint density at radius 2 is 1.76 bits per heavy atom. The number of carbonyl (C=O) groups is 2. The summed E-state index contributed by atoms with van der Waals surface area (Å²) in [5, 5.41) is 0. The molecular formula is C16H24O5. The van der Waals surface area contributed by atoms with Gasteiger partial charge in [-0.2, -0.15) is 0 Å². The van der Waals surface area contributed by atoms with Gasteiger partial charge in [0.1, 0.15) is 6.10 Å². The minimum absolute atomic E-state index is 0.102. The predicted octanol–water partition coefficient (Wildman–Crippen LogP) is 2.73. The zero-order chi connectivity index (χ0) is 15.2. The highest BCUT2D eigenvalue weighted by atomic mass is 16.7. The number of ether oxygens (including phenoxy) is 3. The van der Waals surface area contributed by atoms with Crippen molar-refractivity contribution in [2.24, 2.45) is 5.92 Å². The molecule has 5 heteroatoms. The van der Waals surface area contributed by atoms with Crippen LogP contribution in [0.3, 0.4) is 0 Å². The second kappa shape index (κ2) is 7.59. The largest absolute Gasteiger partial charge is 0.459 e. The lowest BCUT2D eigenvalue weighted by Gasteiger charge is -2.29. The van der Waals surface area contributed by atoms with Gasteiger partial charge in [0.15, 0.2) is 0 Å². The standard InChI is InChI=1S/C16H24O5/c1-11(2)15(17)20-13-8-6-12(7-9-13)16(18)21-14-5-3-4-10-19-14/h12-14H,1,3-10H2,2H3. The Hall–Kier alpha value is -1.36. The van der Waals surface area contributed by atoms with Crippen LogP contribution in [-0.2, 0) is 23.8 Å². The first-order valence-electron chi connectivity index (χ1n) is 7.75. The third-order valence-corrected chi connectivity index (χ3v) is 4.02. The SMILES string of the molecule is C=C(C)C(=O)OC1CCC(C(=O)OC2CCCCO2)CC1. The van der Waals surface area contributed by atoms with E-state index in [2.05, 4.69) is 6.58 Å². The van der Waals surface area contributed by atoms with E-state index in [0.717, 1.165) is 19.3 Å². The Kier molecular flexibility index (Phi) is 5.79. The first-order chi connectivity index (χ1) is 10.1. The van der Waals surface area contributed by atoms with Gasteiger partial charge in [-0.1, -0.05) is 6.58 Å². The Morgan fingerprint density at radius 1 is 1.05 bits per heavy atom. The highest BCUT2D eigenvalue weighted by Gasteiger charge is 2.31. The van der Waals surface area contributed by atoms with Crippen molar-refractivity contribution in [3.63, 3.8) is 0 Å². The van der Waals surface area contributed by atoms with E-state index in [4.69, 9.17) is 14.2 Å². The zero-order valence-electron chi connectivity index (χ0n) is 12.6. The molecule has 2 fully saturated rings. The molecule has 5 nitrogen and oxygen atoms in total. The van der Waals surface area contributed by atoms with Gasteiger partial charge in [-0.25, -0.2) is 4.79 Å². The molecule has 2 rings (SSSR count). The first kappa shape index (κ1) is 16.0. The lowest BCUT2D eigenvalue weighted by molar-refractivity contribution is -0.192. The molecule has 0 radical (unpaired) electrons. The Balaban J connectivity index is 1.71. The highest BCUT2D eigenvalue weighted by molar-refractivity contribution is 5.87. The zero-order valence-corrected chi connectivity index (χ0v) is 12.6. The van der Waals surface area contributed by atoms with E-state index < -0.39 is 0 Å². The van der Waals surface area contributed by atoms with Crippen LogP contribution in [0.5, 0.6) is 0 Å². The van der Waals surface area contributed by atoms with Gasteiger partial charge >= 0.3 is 11.9 Å². The average Bonchev–Trinajstić information content (AvgIpc) is 2.48. The molecule has 1 saturated carbocycles. The second-order valence-corrected chi connectivity index (χ2v) is 5.89. The summed E-state index contributed by atoms with van der Waals surface area (Å²) >= 11 is 0. The quantitative estimate of drug-likeness (QED) is 0.589. The monoisotopic (exact) mass is 296 g/mol. The van der Waals surface area contributed by atoms with Crippen LogP contribution >= 0.6 is 0 Å². The van der Waals surface area contributed by atoms with Gasteiger partial charge in [-0.05, 0) is 45.4 Å². The molecule has 1 aliphatic carbocycles. The van der Waals surface area contributed by atoms with Gasteiger partial charge in [0.25, 0.3) is 0 Å². The van der Waals surface area contributed by atoms with Crippen LogP contribution in [-0.4, -0.2) is 30.9 Å². The number of hydrogen-bond donors (Lipinski definition) is 0. The predicted molar refractivity (Wildman–Crippen MR) is 76.3 cm³/mol. The van der Waals surface area contributed by atoms with E-state index in [1.165, 1.54) is 0 Å². The van der Waals surface area contributed by atoms with Crippen LogP contribution in [0.1, 0.15) is 51.9 Å². The molecule has 0 bridgehead atoms. The number of esters is 2. The normalized spacial score (nSPS) is 29.5. The minimum atomic E-state index is -0.370. The van der Waals surface area contributed by atoms with Gasteiger partial charge in [0.2, 0.25) is 6.29 Å². The number of rotatable bonds is 4. The molecule has 21 heavy (non-hydrogen) atoms. The molecule has 118 valence electrons. The molecule has 0 aromatic heterocycles. The maximum Gasteiger partial charge on any atom is 0.333 e. The van der Waals surface area contributed by atoms with Crippen LogP contribution in [0.4, 0.5) is 0 Å². The maximum atomic E-state index is 12.1. The van der Waals surface area contributed by atoms with Crippen molar-refractivity contribution in [2.75, 3.05) is 6.61 Å². The van der Waals surface area contributed by atoms with Crippen LogP contribution in [0.2, 0.25) is 0 Å². The van der Waals surface area contributed by atoms with E-state index >= 15 is 0 Å². The molecule has 1 unspecified atom stereocenters. The van der Waals surface area contributed by atoms with E-state index in [1.54, 1.807) is 6.92 Å². The van der Waals surface area contributed by atoms with Crippen LogP contribution in [0.25, 0.3) is 0 Å². The number of hydrogen-bond acceptors (Lipinski definition) is 5. The van der Waals surface area contributed by atoms with Crippen molar-refractivity contribution >= 4 is 11.9 Å². The second-order valence-electron chi connectivity index (χ2n) is 5.89. The fourth-order valence-electron chi connectivity index (χ4n) is 2.70.